The molecule has 1 aliphatic rings. The number of nitrogens with one attached hydrogen (secondary N) is 1. The maximum atomic E-state index is 5.48. The quantitative estimate of drug-likeness (QED) is 0.442. The van der Waals surface area contributed by atoms with E-state index in [0.717, 1.165) is 0 Å². The highest BCUT2D eigenvalue weighted by molar-refractivity contribution is 4.76. The molecule has 2 atom stereocenters. The Morgan fingerprint density at radius 2 is 2.46 bits per heavy atom. The lowest BCUT2D eigenvalue weighted by Crippen LogP contribution is -2.51. The Kier molecular flexibility index (Phi) is 5.26. The molecule has 0 aromatic heterocycles. The van der Waals surface area contributed by atoms with Crippen LogP contribution >= 0.6 is 0 Å². The van der Waals surface area contributed by atoms with Crippen molar-refractivity contribution in [2.24, 2.45) is 5.84 Å². The van der Waals surface area contributed by atoms with Gasteiger partial charge in [-0.2, -0.15) is 0 Å². The van der Waals surface area contributed by atoms with Crippen molar-refractivity contribution >= 4 is 0 Å². The van der Waals surface area contributed by atoms with Crippen LogP contribution in [0.2, 0.25) is 0 Å². The largest absolute Gasteiger partial charge is 0.380 e. The summed E-state index contributed by atoms with van der Waals surface area (Å²) in [4.78, 5) is 0. The smallest absolute Gasteiger partial charge is 0.0998 e. The van der Waals surface area contributed by atoms with Crippen LogP contribution in [-0.4, -0.2) is 45.2 Å². The Hall–Kier alpha value is -0.200. The zero-order chi connectivity index (χ0) is 9.52. The molecular weight excluding hydrogens is 172 g/mol. The fourth-order valence-electron chi connectivity index (χ4n) is 1.25. The molecule has 0 amide bonds. The summed E-state index contributed by atoms with van der Waals surface area (Å²) in [6, 6.07) is 0.0141. The van der Waals surface area contributed by atoms with E-state index < -0.39 is 0 Å². The highest BCUT2D eigenvalue weighted by Gasteiger charge is 2.24. The number of hydrogen-bond donors (Lipinski definition) is 2. The molecule has 1 rings (SSSR count). The minimum Gasteiger partial charge on any atom is -0.380 e. The summed E-state index contributed by atoms with van der Waals surface area (Å²) < 4.78 is 16.0. The van der Waals surface area contributed by atoms with Crippen molar-refractivity contribution in [1.29, 1.82) is 0 Å². The van der Waals surface area contributed by atoms with E-state index in [1.165, 1.54) is 0 Å². The van der Waals surface area contributed by atoms with Gasteiger partial charge in [0.05, 0.1) is 38.6 Å². The normalized spacial score (nSPS) is 25.8. The third kappa shape index (κ3) is 3.58. The monoisotopic (exact) mass is 190 g/mol. The summed E-state index contributed by atoms with van der Waals surface area (Å²) in [7, 11) is 0. The molecule has 1 heterocycles. The van der Waals surface area contributed by atoms with E-state index in [2.05, 4.69) is 5.43 Å². The lowest BCUT2D eigenvalue weighted by molar-refractivity contribution is -0.110. The first kappa shape index (κ1) is 10.9. The van der Waals surface area contributed by atoms with Crippen LogP contribution in [0, 0.1) is 0 Å². The molecule has 0 aromatic rings. The Balaban J connectivity index is 2.26. The first-order valence-electron chi connectivity index (χ1n) is 4.61. The molecule has 0 radical (unpaired) electrons. The van der Waals surface area contributed by atoms with Crippen molar-refractivity contribution in [3.63, 3.8) is 0 Å². The predicted molar refractivity (Wildman–Crippen MR) is 48.2 cm³/mol. The Bertz CT molecular complexity index is 129. The maximum absolute atomic E-state index is 5.48. The summed E-state index contributed by atoms with van der Waals surface area (Å²) in [5.41, 5.74) is 2.68. The first-order chi connectivity index (χ1) is 6.38. The number of nitrogens with two attached hydrogens (primary N) is 1. The third-order valence-corrected chi connectivity index (χ3v) is 2.01. The summed E-state index contributed by atoms with van der Waals surface area (Å²) in [5, 5.41) is 0. The standard InChI is InChI=1S/C8H18N2O3/c1-2-11-5-7(10-9)8-6-12-3-4-13-8/h7-8,10H,2-6,9H2,1H3. The first-order valence-corrected chi connectivity index (χ1v) is 4.61. The molecule has 0 aromatic carbocycles. The van der Waals surface area contributed by atoms with E-state index >= 15 is 0 Å². The predicted octanol–water partition coefficient (Wildman–Crippen LogP) is -0.730. The van der Waals surface area contributed by atoms with E-state index in [9.17, 15) is 0 Å². The van der Waals surface area contributed by atoms with Gasteiger partial charge in [-0.15, -0.1) is 0 Å². The molecule has 0 spiro atoms. The molecule has 3 N–H and O–H groups in total. The van der Waals surface area contributed by atoms with Crippen molar-refractivity contribution in [3.05, 3.63) is 0 Å². The van der Waals surface area contributed by atoms with Crippen molar-refractivity contribution < 1.29 is 14.2 Å². The molecule has 2 unspecified atom stereocenters. The Morgan fingerprint density at radius 1 is 1.62 bits per heavy atom. The minimum absolute atomic E-state index is 0.00491. The molecule has 5 heteroatoms. The van der Waals surface area contributed by atoms with Crippen LogP contribution in [0.15, 0.2) is 0 Å². The fraction of sp³-hybridized carbons (Fsp3) is 1.00. The van der Waals surface area contributed by atoms with Gasteiger partial charge in [0, 0.05) is 6.61 Å². The average molecular weight is 190 g/mol. The second-order valence-electron chi connectivity index (χ2n) is 2.92. The number of rotatable bonds is 5. The third-order valence-electron chi connectivity index (χ3n) is 2.01. The fourth-order valence-corrected chi connectivity index (χ4v) is 1.25. The molecule has 0 saturated carbocycles. The van der Waals surface area contributed by atoms with E-state index in [-0.39, 0.29) is 12.1 Å². The van der Waals surface area contributed by atoms with Gasteiger partial charge in [-0.05, 0) is 6.92 Å². The molecule has 1 saturated heterocycles. The Morgan fingerprint density at radius 3 is 3.00 bits per heavy atom. The topological polar surface area (TPSA) is 65.7 Å². The maximum Gasteiger partial charge on any atom is 0.0998 e. The van der Waals surface area contributed by atoms with Crippen LogP contribution in [0.25, 0.3) is 0 Å². The van der Waals surface area contributed by atoms with Gasteiger partial charge in [0.15, 0.2) is 0 Å². The van der Waals surface area contributed by atoms with E-state index in [1.807, 2.05) is 6.92 Å². The highest BCUT2D eigenvalue weighted by atomic mass is 16.6. The number of ether oxygens (including phenoxy) is 3. The molecule has 78 valence electrons. The molecule has 0 aliphatic carbocycles. The summed E-state index contributed by atoms with van der Waals surface area (Å²) in [6.45, 7) is 5.08. The SMILES string of the molecule is CCOCC(NN)C1COCCO1. The van der Waals surface area contributed by atoms with Crippen LogP contribution in [0.4, 0.5) is 0 Å². The van der Waals surface area contributed by atoms with Crippen LogP contribution in [-0.2, 0) is 14.2 Å². The zero-order valence-electron chi connectivity index (χ0n) is 7.99. The molecular formula is C8H18N2O3. The second-order valence-corrected chi connectivity index (χ2v) is 2.92. The molecule has 0 bridgehead atoms. The van der Waals surface area contributed by atoms with E-state index in [0.29, 0.717) is 33.0 Å². The summed E-state index contributed by atoms with van der Waals surface area (Å²) in [5.74, 6) is 5.38. The van der Waals surface area contributed by atoms with Crippen molar-refractivity contribution in [2.45, 2.75) is 19.1 Å². The van der Waals surface area contributed by atoms with Crippen LogP contribution in [0.1, 0.15) is 6.92 Å². The van der Waals surface area contributed by atoms with Gasteiger partial charge in [-0.1, -0.05) is 0 Å². The van der Waals surface area contributed by atoms with Gasteiger partial charge in [0.1, 0.15) is 0 Å². The number of hydrazine groups is 1. The van der Waals surface area contributed by atoms with E-state index in [4.69, 9.17) is 20.1 Å². The van der Waals surface area contributed by atoms with Gasteiger partial charge in [-0.3, -0.25) is 11.3 Å². The minimum atomic E-state index is 0.00491. The van der Waals surface area contributed by atoms with Crippen molar-refractivity contribution in [1.82, 2.24) is 5.43 Å². The van der Waals surface area contributed by atoms with Gasteiger partial charge in [0.25, 0.3) is 0 Å². The lowest BCUT2D eigenvalue weighted by atomic mass is 10.2. The summed E-state index contributed by atoms with van der Waals surface area (Å²) >= 11 is 0. The van der Waals surface area contributed by atoms with Crippen LogP contribution in [0.5, 0.6) is 0 Å². The highest BCUT2D eigenvalue weighted by Crippen LogP contribution is 2.05. The second kappa shape index (κ2) is 6.28. The molecule has 1 fully saturated rings. The van der Waals surface area contributed by atoms with Gasteiger partial charge >= 0.3 is 0 Å². The molecule has 1 aliphatic heterocycles. The van der Waals surface area contributed by atoms with E-state index in [1.54, 1.807) is 0 Å². The van der Waals surface area contributed by atoms with Crippen LogP contribution in [0.3, 0.4) is 0 Å². The van der Waals surface area contributed by atoms with Crippen molar-refractivity contribution in [2.75, 3.05) is 33.0 Å². The van der Waals surface area contributed by atoms with Gasteiger partial charge in [0.2, 0.25) is 0 Å². The van der Waals surface area contributed by atoms with Crippen molar-refractivity contribution in [3.8, 4) is 0 Å². The molecule has 13 heavy (non-hydrogen) atoms. The average Bonchev–Trinajstić information content (AvgIpc) is 2.21. The van der Waals surface area contributed by atoms with Crippen LogP contribution < -0.4 is 11.3 Å². The van der Waals surface area contributed by atoms with Gasteiger partial charge in [-0.25, -0.2) is 0 Å². The number of hydrogen-bond acceptors (Lipinski definition) is 5. The van der Waals surface area contributed by atoms with Gasteiger partial charge < -0.3 is 14.2 Å². The Labute approximate surface area is 78.5 Å². The lowest BCUT2D eigenvalue weighted by Gasteiger charge is -2.29. The molecule has 5 nitrogen and oxygen atoms in total. The zero-order valence-corrected chi connectivity index (χ0v) is 7.99. The summed E-state index contributed by atoms with van der Waals surface area (Å²) in [6.07, 6.45) is 0.00491.